The Bertz CT molecular complexity index is 566. The van der Waals surface area contributed by atoms with Crippen molar-refractivity contribution in [3.8, 4) is 0 Å². The fraction of sp³-hybridized carbons (Fsp3) is 0.778. The third-order valence-corrected chi connectivity index (χ3v) is 4.61. The third-order valence-electron chi connectivity index (χ3n) is 4.61. The summed E-state index contributed by atoms with van der Waals surface area (Å²) in [6.45, 7) is 9.71. The molecule has 0 aromatic carbocycles. The number of hydrogen-bond acceptors (Lipinski definition) is 6. The summed E-state index contributed by atoms with van der Waals surface area (Å²) in [7, 11) is 0. The number of rotatable bonds is 11. The second kappa shape index (κ2) is 11.6. The Morgan fingerprint density at radius 3 is 1.71 bits per heavy atom. The summed E-state index contributed by atoms with van der Waals surface area (Å²) < 4.78 is 0. The predicted octanol–water partition coefficient (Wildman–Crippen LogP) is -1.04. The normalized spacial score (nSPS) is 17.6. The van der Waals surface area contributed by atoms with Crippen LogP contribution in [-0.2, 0) is 19.2 Å². The molecule has 10 nitrogen and oxygen atoms in total. The van der Waals surface area contributed by atoms with Gasteiger partial charge in [-0.2, -0.15) is 0 Å². The van der Waals surface area contributed by atoms with Gasteiger partial charge in [0.05, 0.1) is 12.1 Å². The number of carbonyl (C=O) groups is 4. The van der Waals surface area contributed by atoms with Gasteiger partial charge < -0.3 is 31.9 Å². The molecule has 0 heterocycles. The fourth-order valence-corrected chi connectivity index (χ4v) is 2.27. The summed E-state index contributed by atoms with van der Waals surface area (Å²) >= 11 is 0. The highest BCUT2D eigenvalue weighted by molar-refractivity contribution is 5.94. The topological polar surface area (TPSA) is 171 Å². The Hall–Kier alpha value is -2.20. The average Bonchev–Trinajstić information content (AvgIpc) is 2.61. The molecular formula is C18H34N4O6. The van der Waals surface area contributed by atoms with Crippen LogP contribution in [0.15, 0.2) is 0 Å². The molecule has 0 aromatic rings. The van der Waals surface area contributed by atoms with Crippen molar-refractivity contribution in [2.45, 2.75) is 78.2 Å². The van der Waals surface area contributed by atoms with Crippen LogP contribution in [0.2, 0.25) is 0 Å². The number of amides is 3. The molecule has 0 aliphatic carbocycles. The summed E-state index contributed by atoms with van der Waals surface area (Å²) in [5, 5.41) is 26.0. The van der Waals surface area contributed by atoms with Gasteiger partial charge in [0, 0.05) is 0 Å². The number of carboxylic acids is 1. The van der Waals surface area contributed by atoms with Crippen LogP contribution in [0.5, 0.6) is 0 Å². The second-order valence-electron chi connectivity index (χ2n) is 7.44. The van der Waals surface area contributed by atoms with Gasteiger partial charge in [-0.15, -0.1) is 0 Å². The maximum Gasteiger partial charge on any atom is 0.325 e. The van der Waals surface area contributed by atoms with Crippen molar-refractivity contribution >= 4 is 23.7 Å². The molecular weight excluding hydrogens is 368 g/mol. The van der Waals surface area contributed by atoms with Gasteiger partial charge in [-0.05, 0) is 25.7 Å². The van der Waals surface area contributed by atoms with E-state index in [4.69, 9.17) is 10.8 Å². The molecule has 7 N–H and O–H groups in total. The zero-order valence-electron chi connectivity index (χ0n) is 17.4. The Labute approximate surface area is 165 Å². The highest BCUT2D eigenvalue weighted by atomic mass is 16.4. The lowest BCUT2D eigenvalue weighted by Gasteiger charge is -2.29. The van der Waals surface area contributed by atoms with Crippen LogP contribution in [0.4, 0.5) is 0 Å². The molecule has 0 rings (SSSR count). The number of aliphatic hydroxyl groups excluding tert-OH is 1. The standard InChI is InChI=1S/C18H34N4O6/c1-7-9(4)13(21-15(24)12(19)8(2)3)16(25)22-14(11(6)23)17(26)20-10(5)18(27)28/h8-14,23H,7,19H2,1-6H3,(H,20,26)(H,21,24)(H,22,25)(H,27,28). The molecule has 6 unspecified atom stereocenters. The minimum Gasteiger partial charge on any atom is -0.480 e. The van der Waals surface area contributed by atoms with E-state index in [1.54, 1.807) is 20.8 Å². The first-order valence-electron chi connectivity index (χ1n) is 9.40. The molecule has 0 saturated carbocycles. The van der Waals surface area contributed by atoms with E-state index in [0.29, 0.717) is 6.42 Å². The van der Waals surface area contributed by atoms with Crippen LogP contribution < -0.4 is 21.7 Å². The SMILES string of the molecule is CCC(C)C(NC(=O)C(N)C(C)C)C(=O)NC(C(=O)NC(C)C(=O)O)C(C)O. The van der Waals surface area contributed by atoms with Gasteiger partial charge in [-0.3, -0.25) is 19.2 Å². The number of nitrogens with two attached hydrogens (primary N) is 1. The fourth-order valence-electron chi connectivity index (χ4n) is 2.27. The first-order valence-corrected chi connectivity index (χ1v) is 9.40. The minimum atomic E-state index is -1.38. The maximum atomic E-state index is 12.7. The highest BCUT2D eigenvalue weighted by Gasteiger charge is 2.34. The number of aliphatic carboxylic acids is 1. The molecule has 0 radical (unpaired) electrons. The van der Waals surface area contributed by atoms with Gasteiger partial charge in [-0.1, -0.05) is 34.1 Å². The van der Waals surface area contributed by atoms with Gasteiger partial charge in [0.15, 0.2) is 0 Å². The van der Waals surface area contributed by atoms with Gasteiger partial charge in [-0.25, -0.2) is 0 Å². The molecule has 0 bridgehead atoms. The van der Waals surface area contributed by atoms with Gasteiger partial charge in [0.25, 0.3) is 0 Å². The Balaban J connectivity index is 5.36. The monoisotopic (exact) mass is 402 g/mol. The first-order chi connectivity index (χ1) is 12.8. The number of carbonyl (C=O) groups excluding carboxylic acids is 3. The van der Waals surface area contributed by atoms with Crippen molar-refractivity contribution in [2.75, 3.05) is 0 Å². The van der Waals surface area contributed by atoms with E-state index >= 15 is 0 Å². The first kappa shape index (κ1) is 25.8. The molecule has 6 atom stereocenters. The Morgan fingerprint density at radius 1 is 0.857 bits per heavy atom. The molecule has 0 fully saturated rings. The van der Waals surface area contributed by atoms with Crippen LogP contribution >= 0.6 is 0 Å². The number of carboxylic acid groups (broad SMARTS) is 1. The van der Waals surface area contributed by atoms with Crippen molar-refractivity contribution in [3.63, 3.8) is 0 Å². The molecule has 0 aliphatic rings. The third kappa shape index (κ3) is 7.81. The average molecular weight is 402 g/mol. The van der Waals surface area contributed by atoms with Gasteiger partial charge in [0.1, 0.15) is 18.1 Å². The summed E-state index contributed by atoms with van der Waals surface area (Å²) in [4.78, 5) is 48.2. The molecule has 28 heavy (non-hydrogen) atoms. The van der Waals surface area contributed by atoms with Crippen molar-refractivity contribution in [2.24, 2.45) is 17.6 Å². The van der Waals surface area contributed by atoms with E-state index < -0.39 is 54.0 Å². The van der Waals surface area contributed by atoms with E-state index in [1.165, 1.54) is 13.8 Å². The zero-order valence-corrected chi connectivity index (χ0v) is 17.4. The molecule has 0 aliphatic heterocycles. The summed E-state index contributed by atoms with van der Waals surface area (Å²) in [5.41, 5.74) is 5.83. The zero-order chi connectivity index (χ0) is 22.2. The summed E-state index contributed by atoms with van der Waals surface area (Å²) in [6.07, 6.45) is -0.715. The molecule has 0 aromatic heterocycles. The quantitative estimate of drug-likeness (QED) is 0.256. The number of hydrogen-bond donors (Lipinski definition) is 6. The molecule has 0 saturated heterocycles. The van der Waals surface area contributed by atoms with Crippen LogP contribution in [0.25, 0.3) is 0 Å². The van der Waals surface area contributed by atoms with Crippen molar-refractivity contribution in [1.82, 2.24) is 16.0 Å². The van der Waals surface area contributed by atoms with E-state index in [1.807, 2.05) is 6.92 Å². The lowest BCUT2D eigenvalue weighted by molar-refractivity contribution is -0.142. The molecule has 162 valence electrons. The molecule has 3 amide bonds. The molecule has 10 heteroatoms. The van der Waals surface area contributed by atoms with E-state index in [-0.39, 0.29) is 11.8 Å². The number of nitrogens with one attached hydrogen (secondary N) is 3. The van der Waals surface area contributed by atoms with E-state index in [9.17, 15) is 24.3 Å². The largest absolute Gasteiger partial charge is 0.480 e. The maximum absolute atomic E-state index is 12.7. The van der Waals surface area contributed by atoms with Crippen molar-refractivity contribution in [3.05, 3.63) is 0 Å². The van der Waals surface area contributed by atoms with Gasteiger partial charge >= 0.3 is 5.97 Å². The Morgan fingerprint density at radius 2 is 1.32 bits per heavy atom. The minimum absolute atomic E-state index is 0.130. The van der Waals surface area contributed by atoms with Crippen molar-refractivity contribution in [1.29, 1.82) is 0 Å². The predicted molar refractivity (Wildman–Crippen MR) is 103 cm³/mol. The highest BCUT2D eigenvalue weighted by Crippen LogP contribution is 2.10. The molecule has 0 spiro atoms. The van der Waals surface area contributed by atoms with Gasteiger partial charge in [0.2, 0.25) is 17.7 Å². The van der Waals surface area contributed by atoms with Crippen LogP contribution in [-0.4, -0.2) is 64.2 Å². The van der Waals surface area contributed by atoms with E-state index in [0.717, 1.165) is 0 Å². The van der Waals surface area contributed by atoms with Crippen LogP contribution in [0.1, 0.15) is 48.0 Å². The second-order valence-corrected chi connectivity index (χ2v) is 7.44. The van der Waals surface area contributed by atoms with Crippen LogP contribution in [0.3, 0.4) is 0 Å². The van der Waals surface area contributed by atoms with E-state index in [2.05, 4.69) is 16.0 Å². The summed E-state index contributed by atoms with van der Waals surface area (Å²) in [5.74, 6) is -3.65. The smallest absolute Gasteiger partial charge is 0.325 e. The number of aliphatic hydroxyl groups is 1. The Kier molecular flexibility index (Phi) is 10.7. The lowest BCUT2D eigenvalue weighted by atomic mass is 9.96. The lowest BCUT2D eigenvalue weighted by Crippen LogP contribution is -2.61. The summed E-state index contributed by atoms with van der Waals surface area (Å²) in [6, 6.07) is -4.34. The van der Waals surface area contributed by atoms with Crippen molar-refractivity contribution < 1.29 is 29.4 Å². The van der Waals surface area contributed by atoms with Crippen LogP contribution in [0, 0.1) is 11.8 Å².